The number of allylic oxidation sites excluding steroid dienone is 1. The number of esters is 2. The van der Waals surface area contributed by atoms with E-state index in [2.05, 4.69) is 13.8 Å². The molecule has 0 aromatic carbocycles. The van der Waals surface area contributed by atoms with E-state index in [1.54, 1.807) is 0 Å². The highest BCUT2D eigenvalue weighted by atomic mass is 16.7. The number of hydrogen-bond acceptors (Lipinski definition) is 9. The molecule has 6 atom stereocenters. The standard InChI is InChI=1S/C34H54O9/c1-4-5-6-7-8-14-27(42-30-16-9-11-18-39-30)24(2)32-26-21-25(35)22-34(26,33(37)41-20-13-15-29(36)38-3)23-28(32)43-31-17-10-12-19-40-31/h26,28,30-32H,4-23H2,1-3H3/b27-24+/t26-,28?,30?,31?,32?,34-/m0/s1. The van der Waals surface area contributed by atoms with Crippen molar-refractivity contribution in [2.75, 3.05) is 26.9 Å². The molecule has 2 saturated carbocycles. The van der Waals surface area contributed by atoms with Gasteiger partial charge in [-0.2, -0.15) is 0 Å². The molecule has 4 fully saturated rings. The summed E-state index contributed by atoms with van der Waals surface area (Å²) >= 11 is 0. The second-order valence-corrected chi connectivity index (χ2v) is 12.9. The normalized spacial score (nSPS) is 31.3. The van der Waals surface area contributed by atoms with Gasteiger partial charge in [-0.3, -0.25) is 14.4 Å². The number of ether oxygens (including phenoxy) is 6. The number of Topliss-reactive ketones (excluding diaryl/α,β-unsaturated/α-hetero) is 1. The molecule has 0 aromatic heterocycles. The minimum Gasteiger partial charge on any atom is -0.469 e. The van der Waals surface area contributed by atoms with E-state index in [1.807, 2.05) is 0 Å². The Morgan fingerprint density at radius 3 is 2.33 bits per heavy atom. The van der Waals surface area contributed by atoms with Crippen molar-refractivity contribution in [3.05, 3.63) is 11.3 Å². The third-order valence-electron chi connectivity index (χ3n) is 9.79. The molecule has 9 nitrogen and oxygen atoms in total. The molecule has 0 N–H and O–H groups in total. The van der Waals surface area contributed by atoms with Gasteiger partial charge in [0.15, 0.2) is 12.6 Å². The topological polar surface area (TPSA) is 107 Å². The number of rotatable bonds is 16. The summed E-state index contributed by atoms with van der Waals surface area (Å²) in [5.74, 6) is -0.108. The lowest BCUT2D eigenvalue weighted by molar-refractivity contribution is -0.195. The summed E-state index contributed by atoms with van der Waals surface area (Å²) < 4.78 is 35.8. The number of methoxy groups -OCH3 is 1. The van der Waals surface area contributed by atoms with E-state index in [9.17, 15) is 14.4 Å². The fourth-order valence-corrected chi connectivity index (χ4v) is 7.48. The summed E-state index contributed by atoms with van der Waals surface area (Å²) in [5.41, 5.74) is 0.104. The van der Waals surface area contributed by atoms with Crippen molar-refractivity contribution in [3.8, 4) is 0 Å². The lowest BCUT2D eigenvalue weighted by atomic mass is 9.76. The molecule has 4 unspecified atom stereocenters. The van der Waals surface area contributed by atoms with Crippen molar-refractivity contribution < 1.29 is 42.8 Å². The van der Waals surface area contributed by atoms with Gasteiger partial charge < -0.3 is 28.4 Å². The maximum Gasteiger partial charge on any atom is 0.312 e. The van der Waals surface area contributed by atoms with E-state index in [0.717, 1.165) is 69.1 Å². The minimum absolute atomic E-state index is 0.0827. The summed E-state index contributed by atoms with van der Waals surface area (Å²) in [4.78, 5) is 38.4. The van der Waals surface area contributed by atoms with Crippen LogP contribution >= 0.6 is 0 Å². The number of ketones is 1. The van der Waals surface area contributed by atoms with Crippen LogP contribution in [0.15, 0.2) is 11.3 Å². The van der Waals surface area contributed by atoms with Crippen molar-refractivity contribution in [1.29, 1.82) is 0 Å². The Bertz CT molecular complexity index is 950. The van der Waals surface area contributed by atoms with Crippen LogP contribution in [0, 0.1) is 17.3 Å². The number of unbranched alkanes of at least 4 members (excludes halogenated alkanes) is 4. The Morgan fingerprint density at radius 2 is 1.65 bits per heavy atom. The van der Waals surface area contributed by atoms with Crippen LogP contribution in [0.3, 0.4) is 0 Å². The van der Waals surface area contributed by atoms with Gasteiger partial charge in [-0.05, 0) is 69.8 Å². The van der Waals surface area contributed by atoms with Gasteiger partial charge in [-0.15, -0.1) is 0 Å². The molecule has 2 aliphatic heterocycles. The average Bonchev–Trinajstić information content (AvgIpc) is 3.50. The minimum atomic E-state index is -0.957. The van der Waals surface area contributed by atoms with Crippen LogP contribution in [0.25, 0.3) is 0 Å². The molecule has 4 aliphatic rings. The van der Waals surface area contributed by atoms with Gasteiger partial charge in [0.2, 0.25) is 0 Å². The van der Waals surface area contributed by atoms with E-state index >= 15 is 0 Å². The molecule has 2 heterocycles. The monoisotopic (exact) mass is 606 g/mol. The Balaban J connectivity index is 1.60. The molecular weight excluding hydrogens is 552 g/mol. The van der Waals surface area contributed by atoms with Crippen molar-refractivity contribution in [2.24, 2.45) is 17.3 Å². The molecule has 2 saturated heterocycles. The van der Waals surface area contributed by atoms with Gasteiger partial charge in [0.05, 0.1) is 37.6 Å². The largest absolute Gasteiger partial charge is 0.469 e. The number of carbonyl (C=O) groups is 3. The molecule has 9 heteroatoms. The Labute approximate surface area is 257 Å². The highest BCUT2D eigenvalue weighted by molar-refractivity contribution is 5.92. The predicted octanol–water partition coefficient (Wildman–Crippen LogP) is 6.56. The Hall–Kier alpha value is -1.97. The van der Waals surface area contributed by atoms with Crippen molar-refractivity contribution >= 4 is 17.7 Å². The second kappa shape index (κ2) is 16.9. The SMILES string of the molecule is CCCCCCC/C(OC1CCCCO1)=C(/C)C1C(OC2CCCCO2)C[C@@]2(C(=O)OCCCC(=O)OC)CC(=O)C[C@@H]12. The van der Waals surface area contributed by atoms with E-state index in [-0.39, 0.29) is 67.7 Å². The van der Waals surface area contributed by atoms with Crippen LogP contribution < -0.4 is 0 Å². The molecule has 244 valence electrons. The summed E-state index contributed by atoms with van der Waals surface area (Å²) in [5, 5.41) is 0. The zero-order chi connectivity index (χ0) is 30.7. The second-order valence-electron chi connectivity index (χ2n) is 12.9. The first kappa shape index (κ1) is 33.9. The van der Waals surface area contributed by atoms with Gasteiger partial charge in [-0.25, -0.2) is 0 Å². The van der Waals surface area contributed by atoms with E-state index in [0.29, 0.717) is 32.5 Å². The molecule has 43 heavy (non-hydrogen) atoms. The maximum atomic E-state index is 13.8. The van der Waals surface area contributed by atoms with Crippen LogP contribution in [-0.2, 0) is 42.8 Å². The molecule has 0 radical (unpaired) electrons. The van der Waals surface area contributed by atoms with Crippen molar-refractivity contribution in [1.82, 2.24) is 0 Å². The van der Waals surface area contributed by atoms with Gasteiger partial charge >= 0.3 is 11.9 Å². The molecule has 0 bridgehead atoms. The fraction of sp³-hybridized carbons (Fsp3) is 0.853. The smallest absolute Gasteiger partial charge is 0.312 e. The predicted molar refractivity (Wildman–Crippen MR) is 160 cm³/mol. The first-order valence-electron chi connectivity index (χ1n) is 16.9. The Morgan fingerprint density at radius 1 is 0.930 bits per heavy atom. The molecule has 0 amide bonds. The maximum absolute atomic E-state index is 13.8. The highest BCUT2D eigenvalue weighted by Crippen LogP contribution is 2.60. The third kappa shape index (κ3) is 9.04. The van der Waals surface area contributed by atoms with Gasteiger partial charge in [0.1, 0.15) is 5.78 Å². The van der Waals surface area contributed by atoms with Crippen LogP contribution in [0.1, 0.15) is 123 Å². The Kier molecular flexibility index (Phi) is 13.3. The lowest BCUT2D eigenvalue weighted by Crippen LogP contribution is -2.35. The highest BCUT2D eigenvalue weighted by Gasteiger charge is 2.64. The summed E-state index contributed by atoms with van der Waals surface area (Å²) in [6.45, 7) is 5.79. The molecule has 0 spiro atoms. The molecular formula is C34H54O9. The first-order chi connectivity index (χ1) is 20.9. The van der Waals surface area contributed by atoms with Crippen LogP contribution in [0.4, 0.5) is 0 Å². The number of carbonyl (C=O) groups excluding carboxylic acids is 3. The number of hydrogen-bond donors (Lipinski definition) is 0. The number of fused-ring (bicyclic) bond motifs is 1. The van der Waals surface area contributed by atoms with Gasteiger partial charge in [0.25, 0.3) is 0 Å². The van der Waals surface area contributed by atoms with E-state index in [1.165, 1.54) is 26.4 Å². The summed E-state index contributed by atoms with van der Waals surface area (Å²) in [6.07, 6.45) is 12.9. The van der Waals surface area contributed by atoms with E-state index < -0.39 is 5.41 Å². The average molecular weight is 607 g/mol. The quantitative estimate of drug-likeness (QED) is 0.110. The molecule has 0 aromatic rings. The van der Waals surface area contributed by atoms with Crippen LogP contribution in [-0.4, -0.2) is 63.3 Å². The van der Waals surface area contributed by atoms with Crippen molar-refractivity contribution in [2.45, 2.75) is 142 Å². The van der Waals surface area contributed by atoms with Crippen LogP contribution in [0.2, 0.25) is 0 Å². The summed E-state index contributed by atoms with van der Waals surface area (Å²) in [7, 11) is 1.34. The zero-order valence-electron chi connectivity index (χ0n) is 26.7. The summed E-state index contributed by atoms with van der Waals surface area (Å²) in [6, 6.07) is 0. The molecule has 2 aliphatic carbocycles. The van der Waals surface area contributed by atoms with Gasteiger partial charge in [-0.1, -0.05) is 32.6 Å². The first-order valence-corrected chi connectivity index (χ1v) is 16.9. The third-order valence-corrected chi connectivity index (χ3v) is 9.79. The zero-order valence-corrected chi connectivity index (χ0v) is 26.7. The van der Waals surface area contributed by atoms with Gasteiger partial charge in [0, 0.05) is 44.6 Å². The van der Waals surface area contributed by atoms with E-state index in [4.69, 9.17) is 28.4 Å². The fourth-order valence-electron chi connectivity index (χ4n) is 7.48. The van der Waals surface area contributed by atoms with Crippen molar-refractivity contribution in [3.63, 3.8) is 0 Å². The molecule has 4 rings (SSSR count). The van der Waals surface area contributed by atoms with Crippen LogP contribution in [0.5, 0.6) is 0 Å². The lowest BCUT2D eigenvalue weighted by Gasteiger charge is -2.33.